The number of aromatic hydroxyl groups is 1. The molecule has 1 aliphatic carbocycles. The lowest BCUT2D eigenvalue weighted by Gasteiger charge is -2.17. The fourth-order valence-electron chi connectivity index (χ4n) is 1.84. The van der Waals surface area contributed by atoms with Gasteiger partial charge in [-0.25, -0.2) is 0 Å². The van der Waals surface area contributed by atoms with E-state index in [9.17, 15) is 9.90 Å². The molecule has 7 heteroatoms. The highest BCUT2D eigenvalue weighted by atomic mass is 35.5. The molecule has 0 spiro atoms. The van der Waals surface area contributed by atoms with E-state index in [0.717, 1.165) is 12.8 Å². The SMILES string of the molecule is NC(=NO)C(NC(=O)c1ccc(Cl)cc1O)C1CC1. The van der Waals surface area contributed by atoms with Crippen molar-refractivity contribution in [1.82, 2.24) is 5.32 Å². The third kappa shape index (κ3) is 3.08. The van der Waals surface area contributed by atoms with Gasteiger partial charge in [0.1, 0.15) is 5.75 Å². The minimum Gasteiger partial charge on any atom is -0.507 e. The number of halogens is 1. The number of hydrogen-bond acceptors (Lipinski definition) is 4. The van der Waals surface area contributed by atoms with Crippen LogP contribution in [0.15, 0.2) is 23.4 Å². The number of oxime groups is 1. The van der Waals surface area contributed by atoms with E-state index in [2.05, 4.69) is 10.5 Å². The van der Waals surface area contributed by atoms with E-state index >= 15 is 0 Å². The number of nitrogens with two attached hydrogens (primary N) is 1. The van der Waals surface area contributed by atoms with Crippen molar-refractivity contribution in [2.24, 2.45) is 16.8 Å². The standard InChI is InChI=1S/C12H14ClN3O3/c13-7-3-4-8(9(17)5-7)12(18)15-10(6-1-2-6)11(14)16-19/h3-6,10,17,19H,1-2H2,(H2,14,16)(H,15,18). The maximum absolute atomic E-state index is 12.0. The van der Waals surface area contributed by atoms with Crippen LogP contribution in [-0.2, 0) is 0 Å². The number of phenolic OH excluding ortho intramolecular Hbond substituents is 1. The molecular formula is C12H14ClN3O3. The molecule has 2 rings (SSSR count). The highest BCUT2D eigenvalue weighted by molar-refractivity contribution is 6.30. The molecule has 19 heavy (non-hydrogen) atoms. The molecule has 102 valence electrons. The van der Waals surface area contributed by atoms with Crippen LogP contribution >= 0.6 is 11.6 Å². The van der Waals surface area contributed by atoms with Gasteiger partial charge in [0.15, 0.2) is 5.84 Å². The summed E-state index contributed by atoms with van der Waals surface area (Å²) in [7, 11) is 0. The highest BCUT2D eigenvalue weighted by Gasteiger charge is 2.35. The van der Waals surface area contributed by atoms with Gasteiger partial charge in [-0.1, -0.05) is 16.8 Å². The Balaban J connectivity index is 2.15. The lowest BCUT2D eigenvalue weighted by atomic mass is 10.1. The maximum atomic E-state index is 12.0. The lowest BCUT2D eigenvalue weighted by molar-refractivity contribution is 0.0940. The smallest absolute Gasteiger partial charge is 0.255 e. The van der Waals surface area contributed by atoms with Gasteiger partial charge in [-0.2, -0.15) is 0 Å². The zero-order chi connectivity index (χ0) is 14.0. The Morgan fingerprint density at radius 1 is 1.53 bits per heavy atom. The van der Waals surface area contributed by atoms with Crippen molar-refractivity contribution >= 4 is 23.3 Å². The third-order valence-electron chi connectivity index (χ3n) is 3.02. The summed E-state index contributed by atoms with van der Waals surface area (Å²) in [5.41, 5.74) is 5.65. The predicted octanol–water partition coefficient (Wildman–Crippen LogP) is 1.30. The molecule has 1 aromatic carbocycles. The fourth-order valence-corrected chi connectivity index (χ4v) is 2.01. The van der Waals surface area contributed by atoms with Crippen molar-refractivity contribution in [3.8, 4) is 5.75 Å². The molecule has 0 aromatic heterocycles. The first kappa shape index (κ1) is 13.5. The number of amidine groups is 1. The molecular weight excluding hydrogens is 270 g/mol. The number of carbonyl (C=O) groups is 1. The van der Waals surface area contributed by atoms with Gasteiger partial charge in [0.25, 0.3) is 5.91 Å². The van der Waals surface area contributed by atoms with Crippen LogP contribution < -0.4 is 11.1 Å². The highest BCUT2D eigenvalue weighted by Crippen LogP contribution is 2.33. The fraction of sp³-hybridized carbons (Fsp3) is 0.333. The molecule has 1 fully saturated rings. The van der Waals surface area contributed by atoms with Crippen LogP contribution in [-0.4, -0.2) is 28.1 Å². The minimum atomic E-state index is -0.521. The first-order valence-electron chi connectivity index (χ1n) is 5.79. The van der Waals surface area contributed by atoms with Gasteiger partial charge in [0.2, 0.25) is 0 Å². The van der Waals surface area contributed by atoms with E-state index < -0.39 is 11.9 Å². The van der Waals surface area contributed by atoms with Crippen LogP contribution in [0.3, 0.4) is 0 Å². The number of nitrogens with one attached hydrogen (secondary N) is 1. The van der Waals surface area contributed by atoms with Gasteiger partial charge >= 0.3 is 0 Å². The largest absolute Gasteiger partial charge is 0.507 e. The molecule has 1 aromatic rings. The molecule has 1 unspecified atom stereocenters. The van der Waals surface area contributed by atoms with Crippen molar-refractivity contribution in [3.05, 3.63) is 28.8 Å². The minimum absolute atomic E-state index is 0.0377. The van der Waals surface area contributed by atoms with E-state index in [1.54, 1.807) is 0 Å². The molecule has 0 radical (unpaired) electrons. The first-order chi connectivity index (χ1) is 9.02. The number of amides is 1. The maximum Gasteiger partial charge on any atom is 0.255 e. The first-order valence-corrected chi connectivity index (χ1v) is 6.17. The van der Waals surface area contributed by atoms with Gasteiger partial charge in [0, 0.05) is 5.02 Å². The third-order valence-corrected chi connectivity index (χ3v) is 3.25. The molecule has 5 N–H and O–H groups in total. The van der Waals surface area contributed by atoms with Crippen LogP contribution in [0.2, 0.25) is 5.02 Å². The second kappa shape index (κ2) is 5.36. The molecule has 1 atom stereocenters. The van der Waals surface area contributed by atoms with Crippen LogP contribution in [0, 0.1) is 5.92 Å². The van der Waals surface area contributed by atoms with Gasteiger partial charge in [-0.05, 0) is 37.0 Å². The Bertz CT molecular complexity index is 529. The van der Waals surface area contributed by atoms with Crippen LogP contribution in [0.5, 0.6) is 5.75 Å². The number of nitrogens with zero attached hydrogens (tertiary/aromatic N) is 1. The second-order valence-electron chi connectivity index (χ2n) is 4.47. The van der Waals surface area contributed by atoms with Crippen molar-refractivity contribution in [3.63, 3.8) is 0 Å². The molecule has 6 nitrogen and oxygen atoms in total. The van der Waals surface area contributed by atoms with E-state index in [-0.39, 0.29) is 23.1 Å². The van der Waals surface area contributed by atoms with Gasteiger partial charge in [-0.3, -0.25) is 4.79 Å². The molecule has 0 saturated heterocycles. The summed E-state index contributed by atoms with van der Waals surface area (Å²) in [6.07, 6.45) is 1.82. The summed E-state index contributed by atoms with van der Waals surface area (Å²) in [5, 5.41) is 24.3. The van der Waals surface area contributed by atoms with Crippen molar-refractivity contribution < 1.29 is 15.1 Å². The molecule has 0 heterocycles. The van der Waals surface area contributed by atoms with Crippen LogP contribution in [0.25, 0.3) is 0 Å². The predicted molar refractivity (Wildman–Crippen MR) is 70.5 cm³/mol. The lowest BCUT2D eigenvalue weighted by Crippen LogP contribution is -2.46. The molecule has 0 bridgehead atoms. The summed E-state index contributed by atoms with van der Waals surface area (Å²) >= 11 is 5.70. The van der Waals surface area contributed by atoms with Crippen molar-refractivity contribution in [2.75, 3.05) is 0 Å². The zero-order valence-electron chi connectivity index (χ0n) is 10.0. The summed E-state index contributed by atoms with van der Waals surface area (Å²) in [6, 6.07) is 3.69. The summed E-state index contributed by atoms with van der Waals surface area (Å²) < 4.78 is 0. The Labute approximate surface area is 114 Å². The summed E-state index contributed by atoms with van der Waals surface area (Å²) in [4.78, 5) is 12.0. The second-order valence-corrected chi connectivity index (χ2v) is 4.91. The number of phenols is 1. The number of hydrogen-bond donors (Lipinski definition) is 4. The Hall–Kier alpha value is -1.95. The molecule has 1 amide bonds. The van der Waals surface area contributed by atoms with Crippen LogP contribution in [0.1, 0.15) is 23.2 Å². The average Bonchev–Trinajstić information content (AvgIpc) is 3.19. The number of carbonyl (C=O) groups excluding carboxylic acids is 1. The van der Waals surface area contributed by atoms with E-state index in [1.807, 2.05) is 0 Å². The van der Waals surface area contributed by atoms with Crippen molar-refractivity contribution in [1.29, 1.82) is 0 Å². The Morgan fingerprint density at radius 3 is 2.74 bits per heavy atom. The van der Waals surface area contributed by atoms with E-state index in [0.29, 0.717) is 5.02 Å². The Kier molecular flexibility index (Phi) is 3.80. The van der Waals surface area contributed by atoms with Gasteiger partial charge < -0.3 is 21.4 Å². The topological polar surface area (TPSA) is 108 Å². The van der Waals surface area contributed by atoms with Gasteiger partial charge in [0.05, 0.1) is 11.6 Å². The number of benzene rings is 1. The zero-order valence-corrected chi connectivity index (χ0v) is 10.8. The molecule has 0 aliphatic heterocycles. The van der Waals surface area contributed by atoms with Gasteiger partial charge in [-0.15, -0.1) is 0 Å². The summed E-state index contributed by atoms with van der Waals surface area (Å²) in [6.45, 7) is 0. The monoisotopic (exact) mass is 283 g/mol. The summed E-state index contributed by atoms with van der Waals surface area (Å²) in [5.74, 6) is -0.560. The Morgan fingerprint density at radius 2 is 2.21 bits per heavy atom. The molecule has 1 aliphatic rings. The molecule has 1 saturated carbocycles. The normalized spacial score (nSPS) is 17.0. The number of rotatable bonds is 4. The van der Waals surface area contributed by atoms with E-state index in [1.165, 1.54) is 18.2 Å². The van der Waals surface area contributed by atoms with Crippen molar-refractivity contribution in [2.45, 2.75) is 18.9 Å². The van der Waals surface area contributed by atoms with E-state index in [4.69, 9.17) is 22.5 Å². The average molecular weight is 284 g/mol. The van der Waals surface area contributed by atoms with Crippen LogP contribution in [0.4, 0.5) is 0 Å². The quantitative estimate of drug-likeness (QED) is 0.289.